The number of amides is 1. The highest BCUT2D eigenvalue weighted by Gasteiger charge is 2.56. The van der Waals surface area contributed by atoms with Crippen LogP contribution in [0.3, 0.4) is 0 Å². The first kappa shape index (κ1) is 22.7. The van der Waals surface area contributed by atoms with Crippen molar-refractivity contribution in [2.45, 2.75) is 37.5 Å². The van der Waals surface area contributed by atoms with Crippen LogP contribution in [0.25, 0.3) is 11.1 Å². The minimum atomic E-state index is -2.92. The van der Waals surface area contributed by atoms with Gasteiger partial charge in [-0.3, -0.25) is 9.69 Å². The number of ether oxygens (including phenoxy) is 2. The van der Waals surface area contributed by atoms with Gasteiger partial charge in [0.15, 0.2) is 11.5 Å². The van der Waals surface area contributed by atoms with E-state index in [9.17, 15) is 13.6 Å². The molecule has 2 atom stereocenters. The highest BCUT2D eigenvalue weighted by Crippen LogP contribution is 2.50. The highest BCUT2D eigenvalue weighted by atomic mass is 19.3. The summed E-state index contributed by atoms with van der Waals surface area (Å²) in [7, 11) is 1.59. The Morgan fingerprint density at radius 3 is 2.63 bits per heavy atom. The molecule has 3 aromatic rings. The second-order valence-electron chi connectivity index (χ2n) is 8.96. The van der Waals surface area contributed by atoms with Gasteiger partial charge in [0.1, 0.15) is 23.4 Å². The fourth-order valence-electron chi connectivity index (χ4n) is 4.86. The van der Waals surface area contributed by atoms with E-state index in [0.29, 0.717) is 17.7 Å². The van der Waals surface area contributed by atoms with Crippen LogP contribution in [-0.4, -0.2) is 46.0 Å². The smallest absolute Gasteiger partial charge is 0.387 e. The maximum absolute atomic E-state index is 13.6. The topological polar surface area (TPSA) is 103 Å². The number of likely N-dealkylation sites (N-methyl/N-ethyl adjacent to an activating group) is 1. The van der Waals surface area contributed by atoms with Crippen molar-refractivity contribution < 1.29 is 23.0 Å². The molecule has 3 heterocycles. The van der Waals surface area contributed by atoms with E-state index < -0.39 is 17.8 Å². The van der Waals surface area contributed by atoms with Gasteiger partial charge < -0.3 is 15.2 Å². The van der Waals surface area contributed by atoms with Crippen LogP contribution in [0.1, 0.15) is 24.5 Å². The molecule has 0 unspecified atom stereocenters. The minimum absolute atomic E-state index is 0.0562. The van der Waals surface area contributed by atoms with Crippen molar-refractivity contribution in [1.82, 2.24) is 14.9 Å². The molecule has 8 nitrogen and oxygen atoms in total. The summed E-state index contributed by atoms with van der Waals surface area (Å²) in [5, 5.41) is 0. The molecule has 0 fully saturated rings. The van der Waals surface area contributed by atoms with Crippen molar-refractivity contribution in [3.63, 3.8) is 0 Å². The summed E-state index contributed by atoms with van der Waals surface area (Å²) in [6.45, 7) is -1.05. The normalized spacial score (nSPS) is 23.3. The Morgan fingerprint density at radius 2 is 1.94 bits per heavy atom. The molecule has 0 aliphatic carbocycles. The molecule has 2 aliphatic rings. The van der Waals surface area contributed by atoms with Crippen molar-refractivity contribution in [3.8, 4) is 22.6 Å². The van der Waals surface area contributed by atoms with Crippen LogP contribution < -0.4 is 15.2 Å². The van der Waals surface area contributed by atoms with E-state index in [1.165, 1.54) is 17.3 Å². The van der Waals surface area contributed by atoms with Crippen molar-refractivity contribution in [3.05, 3.63) is 72.3 Å². The average Bonchev–Trinajstić information content (AvgIpc) is 3.02. The van der Waals surface area contributed by atoms with Crippen molar-refractivity contribution in [2.24, 2.45) is 10.7 Å². The van der Waals surface area contributed by atoms with E-state index in [-0.39, 0.29) is 24.0 Å². The van der Waals surface area contributed by atoms with Gasteiger partial charge in [0.25, 0.3) is 5.91 Å². The van der Waals surface area contributed by atoms with Crippen molar-refractivity contribution >= 4 is 11.9 Å². The zero-order valence-electron chi connectivity index (χ0n) is 19.1. The standard InChI is InChI=1S/C25H23F2N5O3/c1-24(10-15-4-3-5-18(8-15)34-22(26)27)13-25(21(33)32(2)23(28)31-25)19-9-16(6-7-20(19)35-24)17-11-29-14-30-12-17/h3-9,11-12,14,22H,10,13H2,1-2H3,(H2,28,31)/t24-,25-/m1/s1. The third kappa shape index (κ3) is 4.05. The number of nitrogens with zero attached hydrogens (tertiary/aromatic N) is 4. The van der Waals surface area contributed by atoms with E-state index in [2.05, 4.69) is 19.7 Å². The lowest BCUT2D eigenvalue weighted by Crippen LogP contribution is -2.51. The zero-order chi connectivity index (χ0) is 24.8. The number of carbonyl (C=O) groups is 1. The van der Waals surface area contributed by atoms with Crippen molar-refractivity contribution in [2.75, 3.05) is 7.05 Å². The fraction of sp³-hybridized carbons (Fsp3) is 0.280. The number of halogens is 2. The maximum atomic E-state index is 13.6. The molecule has 1 aromatic heterocycles. The van der Waals surface area contributed by atoms with Gasteiger partial charge in [-0.15, -0.1) is 0 Å². The number of carbonyl (C=O) groups excluding carboxylic acids is 1. The number of fused-ring (bicyclic) bond motifs is 2. The summed E-state index contributed by atoms with van der Waals surface area (Å²) < 4.78 is 36.4. The molecule has 1 amide bonds. The van der Waals surface area contributed by atoms with E-state index >= 15 is 0 Å². The Labute approximate surface area is 200 Å². The molecule has 2 aliphatic heterocycles. The van der Waals surface area contributed by atoms with E-state index in [4.69, 9.17) is 10.5 Å². The third-order valence-electron chi connectivity index (χ3n) is 6.31. The highest BCUT2D eigenvalue weighted by molar-refractivity contribution is 6.07. The van der Waals surface area contributed by atoms with Gasteiger partial charge in [-0.25, -0.2) is 15.0 Å². The number of guanidine groups is 1. The molecular weight excluding hydrogens is 456 g/mol. The minimum Gasteiger partial charge on any atom is -0.487 e. The van der Waals surface area contributed by atoms with Crippen molar-refractivity contribution in [1.29, 1.82) is 0 Å². The number of benzene rings is 2. The largest absolute Gasteiger partial charge is 0.487 e. The molecule has 0 radical (unpaired) electrons. The number of aliphatic imine (C=N–C) groups is 1. The molecule has 0 bridgehead atoms. The van der Waals surface area contributed by atoms with Gasteiger partial charge in [0.2, 0.25) is 0 Å². The Balaban J connectivity index is 1.57. The van der Waals surface area contributed by atoms with Gasteiger partial charge in [-0.1, -0.05) is 18.2 Å². The second kappa shape index (κ2) is 8.30. The molecule has 1 spiro atoms. The summed E-state index contributed by atoms with van der Waals surface area (Å²) in [6, 6.07) is 12.0. The first-order chi connectivity index (χ1) is 16.7. The first-order valence-electron chi connectivity index (χ1n) is 11.0. The van der Waals surface area contributed by atoms with Crippen LogP contribution in [0.5, 0.6) is 11.5 Å². The van der Waals surface area contributed by atoms with Gasteiger partial charge in [-0.2, -0.15) is 8.78 Å². The Hall–Kier alpha value is -4.08. The van der Waals surface area contributed by atoms with Crippen LogP contribution in [0.2, 0.25) is 0 Å². The zero-order valence-corrected chi connectivity index (χ0v) is 19.1. The third-order valence-corrected chi connectivity index (χ3v) is 6.31. The second-order valence-corrected chi connectivity index (χ2v) is 8.96. The van der Waals surface area contributed by atoms with Gasteiger partial charge in [-0.05, 0) is 42.3 Å². The Bertz CT molecular complexity index is 1320. The average molecular weight is 479 g/mol. The summed E-state index contributed by atoms with van der Waals surface area (Å²) in [6.07, 6.45) is 5.34. The predicted octanol–water partition coefficient (Wildman–Crippen LogP) is 3.51. The fourth-order valence-corrected chi connectivity index (χ4v) is 4.86. The Morgan fingerprint density at radius 1 is 1.17 bits per heavy atom. The maximum Gasteiger partial charge on any atom is 0.387 e. The predicted molar refractivity (Wildman–Crippen MR) is 124 cm³/mol. The first-order valence-corrected chi connectivity index (χ1v) is 11.0. The Kier molecular flexibility index (Phi) is 5.38. The van der Waals surface area contributed by atoms with Crippen LogP contribution in [0.15, 0.2) is 66.2 Å². The molecule has 2 aromatic carbocycles. The van der Waals surface area contributed by atoms with Gasteiger partial charge >= 0.3 is 6.61 Å². The van der Waals surface area contributed by atoms with Crippen LogP contribution in [0, 0.1) is 0 Å². The lowest BCUT2D eigenvalue weighted by molar-refractivity contribution is -0.133. The molecular formula is C25H23F2N5O3. The summed E-state index contributed by atoms with van der Waals surface area (Å²) in [4.78, 5) is 27.7. The van der Waals surface area contributed by atoms with Crippen LogP contribution in [-0.2, 0) is 16.8 Å². The molecule has 2 N–H and O–H groups in total. The number of nitrogens with two attached hydrogens (primary N) is 1. The van der Waals surface area contributed by atoms with Crippen LogP contribution >= 0.6 is 0 Å². The molecule has 10 heteroatoms. The monoisotopic (exact) mass is 479 g/mol. The quantitative estimate of drug-likeness (QED) is 0.601. The van der Waals surface area contributed by atoms with E-state index in [1.807, 2.05) is 19.1 Å². The van der Waals surface area contributed by atoms with Gasteiger partial charge in [0, 0.05) is 43.4 Å². The number of aromatic nitrogens is 2. The summed E-state index contributed by atoms with van der Waals surface area (Å²) in [5.74, 6) is 0.410. The number of hydrogen-bond donors (Lipinski definition) is 1. The molecule has 35 heavy (non-hydrogen) atoms. The lowest BCUT2D eigenvalue weighted by Gasteiger charge is -2.43. The number of rotatable bonds is 5. The summed E-state index contributed by atoms with van der Waals surface area (Å²) in [5.41, 5.74) is 6.83. The number of hydrogen-bond acceptors (Lipinski definition) is 7. The lowest BCUT2D eigenvalue weighted by atomic mass is 9.74. The SMILES string of the molecule is CN1C(=O)[C@]2(C[C@@](C)(Cc3cccc(OC(F)F)c3)Oc3ccc(-c4cncnc4)cc32)N=C1N. The molecule has 180 valence electrons. The number of alkyl halides is 2. The van der Waals surface area contributed by atoms with Crippen LogP contribution in [0.4, 0.5) is 8.78 Å². The molecule has 0 saturated carbocycles. The van der Waals surface area contributed by atoms with Gasteiger partial charge in [0.05, 0.1) is 0 Å². The summed E-state index contributed by atoms with van der Waals surface area (Å²) >= 11 is 0. The van der Waals surface area contributed by atoms with E-state index in [0.717, 1.165) is 16.7 Å². The van der Waals surface area contributed by atoms with E-state index in [1.54, 1.807) is 43.7 Å². The molecule has 0 saturated heterocycles. The molecule has 5 rings (SSSR count).